The van der Waals surface area contributed by atoms with Crippen LogP contribution in [0.4, 0.5) is 0 Å². The first kappa shape index (κ1) is 10.7. The predicted octanol–water partition coefficient (Wildman–Crippen LogP) is 1.31. The minimum Gasteiger partial charge on any atom is -0.347 e. The normalized spacial score (nSPS) is 32.6. The second-order valence-electron chi connectivity index (χ2n) is 4.20. The first-order valence-corrected chi connectivity index (χ1v) is 5.83. The van der Waals surface area contributed by atoms with E-state index in [-0.39, 0.29) is 5.79 Å². The zero-order valence-corrected chi connectivity index (χ0v) is 9.42. The van der Waals surface area contributed by atoms with Crippen LogP contribution in [-0.4, -0.2) is 49.9 Å². The molecule has 0 saturated carbocycles. The molecule has 14 heavy (non-hydrogen) atoms. The standard InChI is InChI=1S/C10H18ClNO2/c1-12-5-3-10(13-6-7-14-10)9(8-12)2-4-11/h9H,2-8H2,1H3. The largest absolute Gasteiger partial charge is 0.347 e. The molecule has 2 aliphatic heterocycles. The van der Waals surface area contributed by atoms with Gasteiger partial charge in [-0.15, -0.1) is 11.6 Å². The lowest BCUT2D eigenvalue weighted by atomic mass is 9.89. The van der Waals surface area contributed by atoms with E-state index >= 15 is 0 Å². The van der Waals surface area contributed by atoms with Crippen molar-refractivity contribution >= 4 is 11.6 Å². The maximum atomic E-state index is 5.81. The van der Waals surface area contributed by atoms with Gasteiger partial charge in [0.1, 0.15) is 0 Å². The van der Waals surface area contributed by atoms with Crippen molar-refractivity contribution in [1.82, 2.24) is 4.90 Å². The molecule has 4 heteroatoms. The van der Waals surface area contributed by atoms with Crippen molar-refractivity contribution in [3.63, 3.8) is 0 Å². The minimum atomic E-state index is -0.304. The SMILES string of the molecule is CN1CCC2(OCCO2)C(CCCl)C1. The van der Waals surface area contributed by atoms with Crippen LogP contribution in [0, 0.1) is 5.92 Å². The summed E-state index contributed by atoms with van der Waals surface area (Å²) in [4.78, 5) is 2.33. The van der Waals surface area contributed by atoms with Gasteiger partial charge in [-0.2, -0.15) is 0 Å². The molecule has 1 unspecified atom stereocenters. The highest BCUT2D eigenvalue weighted by molar-refractivity contribution is 6.17. The number of piperidine rings is 1. The number of ether oxygens (including phenoxy) is 2. The van der Waals surface area contributed by atoms with E-state index in [1.807, 2.05) is 0 Å². The first-order valence-electron chi connectivity index (χ1n) is 5.29. The third-order valence-corrected chi connectivity index (χ3v) is 3.45. The number of rotatable bonds is 2. The van der Waals surface area contributed by atoms with Crippen LogP contribution in [0.25, 0.3) is 0 Å². The van der Waals surface area contributed by atoms with Crippen molar-refractivity contribution in [1.29, 1.82) is 0 Å². The van der Waals surface area contributed by atoms with Crippen molar-refractivity contribution < 1.29 is 9.47 Å². The van der Waals surface area contributed by atoms with Gasteiger partial charge in [-0.05, 0) is 13.5 Å². The number of halogens is 1. The highest BCUT2D eigenvalue weighted by atomic mass is 35.5. The van der Waals surface area contributed by atoms with Crippen LogP contribution in [0.3, 0.4) is 0 Å². The van der Waals surface area contributed by atoms with Gasteiger partial charge in [-0.25, -0.2) is 0 Å². The molecule has 1 spiro atoms. The molecule has 0 radical (unpaired) electrons. The van der Waals surface area contributed by atoms with Gasteiger partial charge in [0.25, 0.3) is 0 Å². The average Bonchev–Trinajstić information content (AvgIpc) is 2.62. The van der Waals surface area contributed by atoms with Crippen molar-refractivity contribution in [2.45, 2.75) is 18.6 Å². The van der Waals surface area contributed by atoms with E-state index in [0.29, 0.717) is 11.8 Å². The molecule has 82 valence electrons. The Labute approximate surface area is 90.3 Å². The maximum absolute atomic E-state index is 5.81. The van der Waals surface area contributed by atoms with Crippen LogP contribution in [-0.2, 0) is 9.47 Å². The summed E-state index contributed by atoms with van der Waals surface area (Å²) in [6, 6.07) is 0. The first-order chi connectivity index (χ1) is 6.77. The molecule has 0 aliphatic carbocycles. The third-order valence-electron chi connectivity index (χ3n) is 3.23. The van der Waals surface area contributed by atoms with Gasteiger partial charge in [-0.3, -0.25) is 0 Å². The number of nitrogens with zero attached hydrogens (tertiary/aromatic N) is 1. The quantitative estimate of drug-likeness (QED) is 0.654. The molecule has 0 aromatic rings. The van der Waals surface area contributed by atoms with Gasteiger partial charge < -0.3 is 14.4 Å². The fraction of sp³-hybridized carbons (Fsp3) is 1.00. The van der Waals surface area contributed by atoms with Crippen LogP contribution >= 0.6 is 11.6 Å². The third kappa shape index (κ3) is 1.91. The summed E-state index contributed by atoms with van der Waals surface area (Å²) in [7, 11) is 2.14. The summed E-state index contributed by atoms with van der Waals surface area (Å²) in [5.74, 6) is 0.815. The maximum Gasteiger partial charge on any atom is 0.173 e. The number of hydrogen-bond acceptors (Lipinski definition) is 3. The Morgan fingerprint density at radius 1 is 1.43 bits per heavy atom. The molecule has 0 amide bonds. The minimum absolute atomic E-state index is 0.304. The van der Waals surface area contributed by atoms with E-state index in [1.165, 1.54) is 0 Å². The van der Waals surface area contributed by atoms with E-state index in [4.69, 9.17) is 21.1 Å². The molecule has 2 fully saturated rings. The number of likely N-dealkylation sites (tertiary alicyclic amines) is 1. The lowest BCUT2D eigenvalue weighted by Crippen LogP contribution is -2.51. The summed E-state index contributed by atoms with van der Waals surface area (Å²) in [5, 5.41) is 0. The molecule has 3 nitrogen and oxygen atoms in total. The molecule has 2 aliphatic rings. The molecule has 1 atom stereocenters. The molecule has 0 bridgehead atoms. The Morgan fingerprint density at radius 3 is 2.79 bits per heavy atom. The lowest BCUT2D eigenvalue weighted by Gasteiger charge is -2.42. The molecule has 0 aromatic carbocycles. The van der Waals surface area contributed by atoms with Crippen molar-refractivity contribution in [2.75, 3.05) is 39.2 Å². The van der Waals surface area contributed by atoms with Gasteiger partial charge >= 0.3 is 0 Å². The van der Waals surface area contributed by atoms with E-state index in [9.17, 15) is 0 Å². The summed E-state index contributed by atoms with van der Waals surface area (Å²) in [6.45, 7) is 3.57. The summed E-state index contributed by atoms with van der Waals surface area (Å²) in [6.07, 6.45) is 1.96. The van der Waals surface area contributed by atoms with Crippen LogP contribution in [0.2, 0.25) is 0 Å². The van der Waals surface area contributed by atoms with Crippen LogP contribution in [0.1, 0.15) is 12.8 Å². The predicted molar refractivity (Wildman–Crippen MR) is 55.6 cm³/mol. The van der Waals surface area contributed by atoms with Gasteiger partial charge in [-0.1, -0.05) is 0 Å². The molecular formula is C10H18ClNO2. The van der Waals surface area contributed by atoms with Crippen LogP contribution in [0.15, 0.2) is 0 Å². The molecular weight excluding hydrogens is 202 g/mol. The summed E-state index contributed by atoms with van der Waals surface area (Å²) < 4.78 is 11.6. The Bertz CT molecular complexity index is 195. The monoisotopic (exact) mass is 219 g/mol. The molecule has 2 rings (SSSR count). The van der Waals surface area contributed by atoms with E-state index in [1.54, 1.807) is 0 Å². The smallest absolute Gasteiger partial charge is 0.173 e. The Morgan fingerprint density at radius 2 is 2.14 bits per heavy atom. The number of hydrogen-bond donors (Lipinski definition) is 0. The molecule has 0 N–H and O–H groups in total. The molecule has 2 saturated heterocycles. The topological polar surface area (TPSA) is 21.7 Å². The fourth-order valence-electron chi connectivity index (χ4n) is 2.45. The van der Waals surface area contributed by atoms with E-state index in [2.05, 4.69) is 11.9 Å². The van der Waals surface area contributed by atoms with Crippen LogP contribution in [0.5, 0.6) is 0 Å². The lowest BCUT2D eigenvalue weighted by molar-refractivity contribution is -0.219. The number of alkyl halides is 1. The van der Waals surface area contributed by atoms with Gasteiger partial charge in [0.15, 0.2) is 5.79 Å². The second kappa shape index (κ2) is 4.35. The van der Waals surface area contributed by atoms with Crippen molar-refractivity contribution in [3.05, 3.63) is 0 Å². The average molecular weight is 220 g/mol. The highest BCUT2D eigenvalue weighted by Gasteiger charge is 2.46. The van der Waals surface area contributed by atoms with Gasteiger partial charge in [0.05, 0.1) is 13.2 Å². The van der Waals surface area contributed by atoms with Gasteiger partial charge in [0.2, 0.25) is 0 Å². The van der Waals surface area contributed by atoms with E-state index < -0.39 is 0 Å². The van der Waals surface area contributed by atoms with Crippen molar-refractivity contribution in [2.24, 2.45) is 5.92 Å². The Hall–Kier alpha value is 0.170. The van der Waals surface area contributed by atoms with Crippen LogP contribution < -0.4 is 0 Å². The van der Waals surface area contributed by atoms with Gasteiger partial charge in [0, 0.05) is 31.3 Å². The summed E-state index contributed by atoms with van der Waals surface area (Å²) >= 11 is 5.81. The Kier molecular flexibility index (Phi) is 3.32. The van der Waals surface area contributed by atoms with E-state index in [0.717, 1.165) is 39.1 Å². The zero-order chi connectivity index (χ0) is 10.0. The summed E-state index contributed by atoms with van der Waals surface area (Å²) in [5.41, 5.74) is 0. The second-order valence-corrected chi connectivity index (χ2v) is 4.57. The molecule has 2 heterocycles. The zero-order valence-electron chi connectivity index (χ0n) is 8.67. The fourth-order valence-corrected chi connectivity index (χ4v) is 2.71. The highest BCUT2D eigenvalue weighted by Crippen LogP contribution is 2.37. The molecule has 0 aromatic heterocycles. The Balaban J connectivity index is 2.05. The van der Waals surface area contributed by atoms with Crippen molar-refractivity contribution in [3.8, 4) is 0 Å².